The molecule has 8 heteroatoms. The number of nitrogens with zero attached hydrogens (tertiary/aromatic N) is 4. The number of aromatic nitrogens is 4. The van der Waals surface area contributed by atoms with Crippen LogP contribution >= 0.6 is 0 Å². The van der Waals surface area contributed by atoms with Gasteiger partial charge in [0.1, 0.15) is 10.7 Å². The molecule has 2 heterocycles. The van der Waals surface area contributed by atoms with Crippen molar-refractivity contribution in [3.8, 4) is 0 Å². The highest BCUT2D eigenvalue weighted by molar-refractivity contribution is 7.92. The van der Waals surface area contributed by atoms with Gasteiger partial charge in [-0.15, -0.1) is 0 Å². The van der Waals surface area contributed by atoms with Crippen LogP contribution in [0.25, 0.3) is 11.0 Å². The maximum atomic E-state index is 12.9. The number of nitrogens with one attached hydrogen (secondary N) is 1. The van der Waals surface area contributed by atoms with Gasteiger partial charge in [-0.05, 0) is 50.1 Å². The molecule has 0 aliphatic heterocycles. The normalized spacial score (nSPS) is 11.9. The molecule has 0 saturated carbocycles. The Bertz CT molecular complexity index is 1340. The number of benzene rings is 2. The molecular formula is C22H25N5O2S. The van der Waals surface area contributed by atoms with Crippen molar-refractivity contribution in [3.05, 3.63) is 71.3 Å². The van der Waals surface area contributed by atoms with Crippen molar-refractivity contribution >= 4 is 26.7 Å². The van der Waals surface area contributed by atoms with E-state index in [1.807, 2.05) is 43.4 Å². The van der Waals surface area contributed by atoms with E-state index in [2.05, 4.69) is 20.5 Å². The standard InChI is InChI=1S/C22H25N5O2S/c1-15-22(16(2)27(4)24-15)30(28,29)25-18-9-7-8-17(14-18)12-13-21-23-19-10-5-6-11-20(19)26(21)3/h5-11,14,25H,12-13H2,1-4H3. The fourth-order valence-corrected chi connectivity index (χ4v) is 5.30. The van der Waals surface area contributed by atoms with E-state index in [-0.39, 0.29) is 4.90 Å². The van der Waals surface area contributed by atoms with E-state index in [0.717, 1.165) is 35.3 Å². The summed E-state index contributed by atoms with van der Waals surface area (Å²) in [7, 11) is 0.0492. The van der Waals surface area contributed by atoms with Gasteiger partial charge in [0.2, 0.25) is 0 Å². The van der Waals surface area contributed by atoms with Crippen molar-refractivity contribution < 1.29 is 8.42 Å². The van der Waals surface area contributed by atoms with Crippen molar-refractivity contribution in [2.75, 3.05) is 4.72 Å². The van der Waals surface area contributed by atoms with Crippen LogP contribution in [0.2, 0.25) is 0 Å². The fraction of sp³-hybridized carbons (Fsp3) is 0.273. The fourth-order valence-electron chi connectivity index (χ4n) is 3.81. The SMILES string of the molecule is Cc1nn(C)c(C)c1S(=O)(=O)Nc1cccc(CCc2nc3ccccc3n2C)c1. The number of para-hydroxylation sites is 2. The van der Waals surface area contributed by atoms with Gasteiger partial charge in [-0.2, -0.15) is 5.10 Å². The van der Waals surface area contributed by atoms with Crippen LogP contribution in [0.15, 0.2) is 53.4 Å². The van der Waals surface area contributed by atoms with Gasteiger partial charge < -0.3 is 4.57 Å². The number of imidazole rings is 1. The Labute approximate surface area is 176 Å². The van der Waals surface area contributed by atoms with E-state index in [4.69, 9.17) is 4.98 Å². The lowest BCUT2D eigenvalue weighted by atomic mass is 10.1. The zero-order valence-corrected chi connectivity index (χ0v) is 18.4. The molecule has 0 amide bonds. The van der Waals surface area contributed by atoms with Gasteiger partial charge in [0, 0.05) is 26.2 Å². The molecule has 4 rings (SSSR count). The third-order valence-electron chi connectivity index (χ3n) is 5.41. The average molecular weight is 424 g/mol. The zero-order chi connectivity index (χ0) is 21.5. The van der Waals surface area contributed by atoms with Crippen molar-refractivity contribution in [2.24, 2.45) is 14.1 Å². The van der Waals surface area contributed by atoms with Gasteiger partial charge in [0.25, 0.3) is 10.0 Å². The van der Waals surface area contributed by atoms with Crippen LogP contribution in [0.4, 0.5) is 5.69 Å². The third kappa shape index (κ3) is 3.70. The molecule has 7 nitrogen and oxygen atoms in total. The Kier molecular flexibility index (Phi) is 5.11. The second-order valence-electron chi connectivity index (χ2n) is 7.51. The van der Waals surface area contributed by atoms with Gasteiger partial charge in [0.15, 0.2) is 0 Å². The lowest BCUT2D eigenvalue weighted by molar-refractivity contribution is 0.599. The highest BCUT2D eigenvalue weighted by Gasteiger charge is 2.23. The van der Waals surface area contributed by atoms with Crippen LogP contribution in [0.1, 0.15) is 22.8 Å². The summed E-state index contributed by atoms with van der Waals surface area (Å²) in [5.74, 6) is 1.00. The summed E-state index contributed by atoms with van der Waals surface area (Å²) in [6.07, 6.45) is 1.53. The maximum Gasteiger partial charge on any atom is 0.265 e. The molecule has 0 atom stereocenters. The first-order valence-corrected chi connectivity index (χ1v) is 11.3. The Balaban J connectivity index is 1.53. The molecule has 0 spiro atoms. The zero-order valence-electron chi connectivity index (χ0n) is 17.5. The Morgan fingerprint density at radius 3 is 2.47 bits per heavy atom. The molecule has 156 valence electrons. The second kappa shape index (κ2) is 7.60. The van der Waals surface area contributed by atoms with Gasteiger partial charge in [0.05, 0.1) is 22.4 Å². The summed E-state index contributed by atoms with van der Waals surface area (Å²) in [6, 6.07) is 15.6. The largest absolute Gasteiger partial charge is 0.331 e. The second-order valence-corrected chi connectivity index (χ2v) is 9.12. The van der Waals surface area contributed by atoms with Crippen molar-refractivity contribution in [2.45, 2.75) is 31.6 Å². The summed E-state index contributed by atoms with van der Waals surface area (Å²) >= 11 is 0. The molecule has 0 aliphatic rings. The molecule has 0 radical (unpaired) electrons. The molecule has 4 aromatic rings. The van der Waals surface area contributed by atoms with Crippen LogP contribution in [-0.4, -0.2) is 27.7 Å². The van der Waals surface area contributed by atoms with E-state index in [1.54, 1.807) is 31.6 Å². The van der Waals surface area contributed by atoms with Crippen LogP contribution in [0, 0.1) is 13.8 Å². The third-order valence-corrected chi connectivity index (χ3v) is 7.04. The molecule has 0 bridgehead atoms. The van der Waals surface area contributed by atoms with Gasteiger partial charge >= 0.3 is 0 Å². The number of aryl methyl sites for hydroxylation is 5. The number of sulfonamides is 1. The van der Waals surface area contributed by atoms with E-state index in [0.29, 0.717) is 17.1 Å². The molecule has 0 aliphatic carbocycles. The van der Waals surface area contributed by atoms with Crippen molar-refractivity contribution in [1.82, 2.24) is 19.3 Å². The lowest BCUT2D eigenvalue weighted by Gasteiger charge is -2.10. The number of hydrogen-bond donors (Lipinski definition) is 1. The topological polar surface area (TPSA) is 81.8 Å². The van der Waals surface area contributed by atoms with E-state index in [1.165, 1.54) is 0 Å². The van der Waals surface area contributed by atoms with Gasteiger partial charge in [-0.1, -0.05) is 24.3 Å². The van der Waals surface area contributed by atoms with Crippen LogP contribution in [0.5, 0.6) is 0 Å². The Morgan fingerprint density at radius 2 is 1.77 bits per heavy atom. The summed E-state index contributed by atoms with van der Waals surface area (Å²) in [4.78, 5) is 4.94. The summed E-state index contributed by atoms with van der Waals surface area (Å²) in [5, 5.41) is 4.21. The number of fused-ring (bicyclic) bond motifs is 1. The highest BCUT2D eigenvalue weighted by atomic mass is 32.2. The van der Waals surface area contributed by atoms with E-state index in [9.17, 15) is 8.42 Å². The quantitative estimate of drug-likeness (QED) is 0.515. The minimum atomic E-state index is -3.71. The average Bonchev–Trinajstić information content (AvgIpc) is 3.15. The summed E-state index contributed by atoms with van der Waals surface area (Å²) < 4.78 is 32.2. The van der Waals surface area contributed by atoms with Crippen LogP contribution in [-0.2, 0) is 37.0 Å². The molecule has 0 unspecified atom stereocenters. The van der Waals surface area contributed by atoms with E-state index >= 15 is 0 Å². The molecule has 2 aromatic heterocycles. The first-order valence-electron chi connectivity index (χ1n) is 9.78. The maximum absolute atomic E-state index is 12.9. The molecule has 30 heavy (non-hydrogen) atoms. The molecule has 0 saturated heterocycles. The molecule has 1 N–H and O–H groups in total. The summed E-state index contributed by atoms with van der Waals surface area (Å²) in [5.41, 5.74) is 4.77. The van der Waals surface area contributed by atoms with Gasteiger partial charge in [-0.25, -0.2) is 13.4 Å². The molecular weight excluding hydrogens is 398 g/mol. The Hall–Kier alpha value is -3.13. The monoisotopic (exact) mass is 423 g/mol. The van der Waals surface area contributed by atoms with Crippen molar-refractivity contribution in [3.63, 3.8) is 0 Å². The van der Waals surface area contributed by atoms with Crippen LogP contribution < -0.4 is 4.72 Å². The minimum absolute atomic E-state index is 0.232. The molecule has 2 aromatic carbocycles. The first-order chi connectivity index (χ1) is 14.3. The predicted octanol–water partition coefficient (Wildman–Crippen LogP) is 3.51. The number of hydrogen-bond acceptors (Lipinski definition) is 4. The number of rotatable bonds is 6. The van der Waals surface area contributed by atoms with Crippen molar-refractivity contribution in [1.29, 1.82) is 0 Å². The van der Waals surface area contributed by atoms with Gasteiger partial charge in [-0.3, -0.25) is 9.40 Å². The minimum Gasteiger partial charge on any atom is -0.331 e. The first kappa shape index (κ1) is 20.2. The predicted molar refractivity (Wildman–Crippen MR) is 118 cm³/mol. The number of anilines is 1. The highest BCUT2D eigenvalue weighted by Crippen LogP contribution is 2.23. The smallest absolute Gasteiger partial charge is 0.265 e. The summed E-state index contributed by atoms with van der Waals surface area (Å²) in [6.45, 7) is 3.46. The lowest BCUT2D eigenvalue weighted by Crippen LogP contribution is -2.15. The molecule has 0 fully saturated rings. The van der Waals surface area contributed by atoms with E-state index < -0.39 is 10.0 Å². The Morgan fingerprint density at radius 1 is 1.00 bits per heavy atom. The van der Waals surface area contributed by atoms with Crippen LogP contribution in [0.3, 0.4) is 0 Å².